The van der Waals surface area contributed by atoms with Gasteiger partial charge in [0, 0.05) is 11.1 Å². The van der Waals surface area contributed by atoms with Crippen LogP contribution in [-0.4, -0.2) is 17.3 Å². The first kappa shape index (κ1) is 10.9. The first-order valence-electron chi connectivity index (χ1n) is 5.37. The van der Waals surface area contributed by atoms with E-state index in [9.17, 15) is 5.11 Å². The lowest BCUT2D eigenvalue weighted by molar-refractivity contribution is 0.144. The van der Waals surface area contributed by atoms with Crippen LogP contribution in [0.2, 0.25) is 5.02 Å². The lowest BCUT2D eigenvalue weighted by Crippen LogP contribution is -2.31. The van der Waals surface area contributed by atoms with Crippen molar-refractivity contribution in [1.82, 2.24) is 5.32 Å². The van der Waals surface area contributed by atoms with E-state index in [1.807, 2.05) is 24.3 Å². The molecule has 15 heavy (non-hydrogen) atoms. The lowest BCUT2D eigenvalue weighted by Gasteiger charge is -2.22. The monoisotopic (exact) mass is 225 g/mol. The van der Waals surface area contributed by atoms with Crippen LogP contribution in [0.25, 0.3) is 0 Å². The topological polar surface area (TPSA) is 32.3 Å². The largest absolute Gasteiger partial charge is 0.391 e. The Labute approximate surface area is 95.3 Å². The molecule has 2 nitrogen and oxygen atoms in total. The highest BCUT2D eigenvalue weighted by molar-refractivity contribution is 6.31. The summed E-state index contributed by atoms with van der Waals surface area (Å²) in [5.41, 5.74) is 0.987. The first-order chi connectivity index (χ1) is 7.18. The third kappa shape index (κ3) is 2.71. The van der Waals surface area contributed by atoms with Crippen molar-refractivity contribution in [2.75, 3.05) is 0 Å². The maximum Gasteiger partial charge on any atom is 0.0707 e. The van der Waals surface area contributed by atoms with Crippen molar-refractivity contribution >= 4 is 11.6 Å². The van der Waals surface area contributed by atoms with E-state index in [4.69, 9.17) is 11.6 Å². The van der Waals surface area contributed by atoms with Crippen molar-refractivity contribution < 1.29 is 5.11 Å². The molecule has 1 aliphatic rings. The van der Waals surface area contributed by atoms with Gasteiger partial charge in [0.05, 0.1) is 12.1 Å². The number of halogens is 1. The van der Waals surface area contributed by atoms with Crippen LogP contribution in [0.3, 0.4) is 0 Å². The Balaban J connectivity index is 2.19. The zero-order valence-corrected chi connectivity index (χ0v) is 9.54. The fraction of sp³-hybridized carbons (Fsp3) is 0.500. The molecule has 0 aliphatic heterocycles. The highest BCUT2D eigenvalue weighted by Gasteiger charge is 2.28. The van der Waals surface area contributed by atoms with Gasteiger partial charge in [0.2, 0.25) is 0 Å². The Hall–Kier alpha value is -0.570. The number of rotatable bonds is 4. The summed E-state index contributed by atoms with van der Waals surface area (Å²) in [5.74, 6) is 0. The molecule has 0 amide bonds. The number of nitrogens with one attached hydrogen (secondary N) is 1. The molecular weight excluding hydrogens is 210 g/mol. The second kappa shape index (κ2) is 4.52. The van der Waals surface area contributed by atoms with E-state index in [1.54, 1.807) is 6.92 Å². The van der Waals surface area contributed by atoms with Crippen LogP contribution in [0, 0.1) is 0 Å². The van der Waals surface area contributed by atoms with Crippen molar-refractivity contribution in [2.45, 2.75) is 38.0 Å². The molecule has 1 saturated carbocycles. The predicted octanol–water partition coefficient (Wildman–Crippen LogP) is 2.51. The summed E-state index contributed by atoms with van der Waals surface area (Å²) < 4.78 is 0. The molecule has 1 aromatic carbocycles. The van der Waals surface area contributed by atoms with Gasteiger partial charge in [-0.15, -0.1) is 0 Å². The van der Waals surface area contributed by atoms with Crippen LogP contribution in [-0.2, 0) is 0 Å². The molecule has 1 fully saturated rings. The Morgan fingerprint density at radius 2 is 2.07 bits per heavy atom. The van der Waals surface area contributed by atoms with Crippen molar-refractivity contribution in [2.24, 2.45) is 0 Å². The molecule has 0 heterocycles. The van der Waals surface area contributed by atoms with Crippen LogP contribution < -0.4 is 5.32 Å². The van der Waals surface area contributed by atoms with Crippen molar-refractivity contribution in [3.05, 3.63) is 34.9 Å². The van der Waals surface area contributed by atoms with Gasteiger partial charge in [0.1, 0.15) is 0 Å². The summed E-state index contributed by atoms with van der Waals surface area (Å²) in [7, 11) is 0. The molecule has 82 valence electrons. The van der Waals surface area contributed by atoms with Crippen LogP contribution in [0.4, 0.5) is 0 Å². The SMILES string of the molecule is C[C@H](O)[C@@H](NC1CC1)c1ccccc1Cl. The highest BCUT2D eigenvalue weighted by atomic mass is 35.5. The summed E-state index contributed by atoms with van der Waals surface area (Å²) in [6.45, 7) is 1.80. The van der Waals surface area contributed by atoms with Crippen molar-refractivity contribution in [3.63, 3.8) is 0 Å². The van der Waals surface area contributed by atoms with Gasteiger partial charge in [-0.05, 0) is 31.4 Å². The summed E-state index contributed by atoms with van der Waals surface area (Å²) >= 11 is 6.12. The fourth-order valence-electron chi connectivity index (χ4n) is 1.72. The normalized spacial score (nSPS) is 19.9. The van der Waals surface area contributed by atoms with E-state index in [2.05, 4.69) is 5.32 Å². The predicted molar refractivity (Wildman–Crippen MR) is 62.0 cm³/mol. The minimum atomic E-state index is -0.425. The lowest BCUT2D eigenvalue weighted by atomic mass is 10.0. The molecule has 2 atom stereocenters. The second-order valence-electron chi connectivity index (χ2n) is 4.18. The van der Waals surface area contributed by atoms with Gasteiger partial charge in [-0.25, -0.2) is 0 Å². The number of benzene rings is 1. The molecule has 0 bridgehead atoms. The third-order valence-electron chi connectivity index (χ3n) is 2.72. The third-order valence-corrected chi connectivity index (χ3v) is 3.06. The smallest absolute Gasteiger partial charge is 0.0707 e. The fourth-order valence-corrected chi connectivity index (χ4v) is 1.97. The summed E-state index contributed by atoms with van der Waals surface area (Å²) in [4.78, 5) is 0. The number of hydrogen-bond donors (Lipinski definition) is 2. The Morgan fingerprint density at radius 3 is 2.60 bits per heavy atom. The number of aliphatic hydroxyl groups excluding tert-OH is 1. The average Bonchev–Trinajstić information content (AvgIpc) is 2.99. The van der Waals surface area contributed by atoms with Gasteiger partial charge >= 0.3 is 0 Å². The molecule has 0 aromatic heterocycles. The zero-order chi connectivity index (χ0) is 10.8. The van der Waals surface area contributed by atoms with E-state index in [0.717, 1.165) is 10.6 Å². The Morgan fingerprint density at radius 1 is 1.40 bits per heavy atom. The van der Waals surface area contributed by atoms with Crippen LogP contribution in [0.5, 0.6) is 0 Å². The molecule has 0 saturated heterocycles. The van der Waals surface area contributed by atoms with Gasteiger partial charge < -0.3 is 10.4 Å². The van der Waals surface area contributed by atoms with E-state index in [0.29, 0.717) is 6.04 Å². The van der Waals surface area contributed by atoms with Crippen LogP contribution in [0.15, 0.2) is 24.3 Å². The zero-order valence-electron chi connectivity index (χ0n) is 8.78. The summed E-state index contributed by atoms with van der Waals surface area (Å²) in [6, 6.07) is 8.19. The molecule has 3 heteroatoms. The maximum absolute atomic E-state index is 9.75. The summed E-state index contributed by atoms with van der Waals surface area (Å²) in [6.07, 6.45) is 1.98. The molecular formula is C12H16ClNO. The van der Waals surface area contributed by atoms with Crippen LogP contribution >= 0.6 is 11.6 Å². The van der Waals surface area contributed by atoms with E-state index in [1.165, 1.54) is 12.8 Å². The molecule has 0 spiro atoms. The standard InChI is InChI=1S/C12H16ClNO/c1-8(15)12(14-9-6-7-9)10-4-2-3-5-11(10)13/h2-5,8-9,12,14-15H,6-7H2,1H3/t8-,12+/m0/s1. The Kier molecular flexibility index (Phi) is 3.29. The van der Waals surface area contributed by atoms with Gasteiger partial charge in [-0.3, -0.25) is 0 Å². The van der Waals surface area contributed by atoms with E-state index in [-0.39, 0.29) is 6.04 Å². The minimum absolute atomic E-state index is 0.0498. The highest BCUT2D eigenvalue weighted by Crippen LogP contribution is 2.29. The summed E-state index contributed by atoms with van der Waals surface area (Å²) in [5, 5.41) is 13.9. The van der Waals surface area contributed by atoms with Gasteiger partial charge in [0.25, 0.3) is 0 Å². The minimum Gasteiger partial charge on any atom is -0.391 e. The van der Waals surface area contributed by atoms with E-state index >= 15 is 0 Å². The molecule has 1 aliphatic carbocycles. The van der Waals surface area contributed by atoms with Crippen molar-refractivity contribution in [1.29, 1.82) is 0 Å². The van der Waals surface area contributed by atoms with E-state index < -0.39 is 6.10 Å². The van der Waals surface area contributed by atoms with Crippen LogP contribution in [0.1, 0.15) is 31.4 Å². The van der Waals surface area contributed by atoms with Gasteiger partial charge in [-0.1, -0.05) is 29.8 Å². The molecule has 1 aromatic rings. The molecule has 2 rings (SSSR count). The number of aliphatic hydroxyl groups is 1. The average molecular weight is 226 g/mol. The second-order valence-corrected chi connectivity index (χ2v) is 4.59. The van der Waals surface area contributed by atoms with Crippen molar-refractivity contribution in [3.8, 4) is 0 Å². The number of hydrogen-bond acceptors (Lipinski definition) is 2. The van der Waals surface area contributed by atoms with Gasteiger partial charge in [-0.2, -0.15) is 0 Å². The molecule has 0 radical (unpaired) electrons. The molecule has 2 N–H and O–H groups in total. The first-order valence-corrected chi connectivity index (χ1v) is 5.75. The van der Waals surface area contributed by atoms with Gasteiger partial charge in [0.15, 0.2) is 0 Å². The Bertz CT molecular complexity index is 336. The maximum atomic E-state index is 9.75. The molecule has 0 unspecified atom stereocenters. The quantitative estimate of drug-likeness (QED) is 0.826.